The van der Waals surface area contributed by atoms with Crippen molar-refractivity contribution in [3.8, 4) is 0 Å². The zero-order valence-corrected chi connectivity index (χ0v) is 18.1. The molecule has 5 rings (SSSR count). The molecule has 0 amide bonds. The van der Waals surface area contributed by atoms with Crippen molar-refractivity contribution >= 4 is 29.2 Å². The summed E-state index contributed by atoms with van der Waals surface area (Å²) < 4.78 is 7.09. The number of morpholine rings is 1. The third-order valence-corrected chi connectivity index (χ3v) is 5.66. The Morgan fingerprint density at radius 3 is 2.78 bits per heavy atom. The summed E-state index contributed by atoms with van der Waals surface area (Å²) in [6.07, 6.45) is 3.51. The molecule has 1 fully saturated rings. The smallest absolute Gasteiger partial charge is 0.259 e. The molecular formula is C22H26N8O2. The van der Waals surface area contributed by atoms with Crippen molar-refractivity contribution in [1.29, 1.82) is 0 Å². The van der Waals surface area contributed by atoms with Gasteiger partial charge in [0.15, 0.2) is 0 Å². The normalized spacial score (nSPS) is 16.9. The molecule has 10 heteroatoms. The molecular weight excluding hydrogens is 408 g/mol. The van der Waals surface area contributed by atoms with Crippen molar-refractivity contribution in [2.45, 2.75) is 19.9 Å². The minimum atomic E-state index is -0.106. The van der Waals surface area contributed by atoms with Crippen LogP contribution in [-0.2, 0) is 4.74 Å². The van der Waals surface area contributed by atoms with Gasteiger partial charge in [-0.1, -0.05) is 12.1 Å². The molecule has 2 aromatic heterocycles. The monoisotopic (exact) mass is 434 g/mol. The SMILES string of the molecule is Cc1cc(C(C)Nc2ccccc2N2C=NNN2)c2nc(N3CCOCC3)cc(=O)n2c1. The van der Waals surface area contributed by atoms with E-state index in [1.165, 1.54) is 0 Å². The largest absolute Gasteiger partial charge is 0.378 e. The van der Waals surface area contributed by atoms with Crippen LogP contribution in [0.2, 0.25) is 0 Å². The maximum Gasteiger partial charge on any atom is 0.259 e. The maximum absolute atomic E-state index is 13.0. The number of hydrazone groups is 1. The highest BCUT2D eigenvalue weighted by atomic mass is 16.5. The first-order valence-corrected chi connectivity index (χ1v) is 10.7. The number of rotatable bonds is 5. The van der Waals surface area contributed by atoms with Crippen LogP contribution in [-0.4, -0.2) is 42.0 Å². The lowest BCUT2D eigenvalue weighted by Crippen LogP contribution is -2.38. The quantitative estimate of drug-likeness (QED) is 0.559. The molecule has 4 heterocycles. The lowest BCUT2D eigenvalue weighted by molar-refractivity contribution is 0.122. The molecule has 1 unspecified atom stereocenters. The molecule has 3 N–H and O–H groups in total. The second-order valence-corrected chi connectivity index (χ2v) is 7.94. The number of nitrogens with zero attached hydrogens (tertiary/aromatic N) is 5. The molecule has 1 saturated heterocycles. The molecule has 10 nitrogen and oxygen atoms in total. The highest BCUT2D eigenvalue weighted by molar-refractivity contribution is 5.85. The Labute approximate surface area is 185 Å². The predicted octanol–water partition coefficient (Wildman–Crippen LogP) is 1.79. The number of para-hydroxylation sites is 2. The average molecular weight is 435 g/mol. The summed E-state index contributed by atoms with van der Waals surface area (Å²) >= 11 is 0. The van der Waals surface area contributed by atoms with E-state index < -0.39 is 0 Å². The van der Waals surface area contributed by atoms with Gasteiger partial charge in [0.25, 0.3) is 5.56 Å². The first kappa shape index (κ1) is 20.3. The minimum absolute atomic E-state index is 0.0856. The molecule has 2 aliphatic rings. The van der Waals surface area contributed by atoms with Crippen LogP contribution in [0.4, 0.5) is 17.2 Å². The van der Waals surface area contributed by atoms with Crippen molar-refractivity contribution in [1.82, 2.24) is 20.5 Å². The van der Waals surface area contributed by atoms with Crippen LogP contribution in [0.3, 0.4) is 0 Å². The minimum Gasteiger partial charge on any atom is -0.378 e. The van der Waals surface area contributed by atoms with Gasteiger partial charge in [-0.15, -0.1) is 5.53 Å². The van der Waals surface area contributed by atoms with Gasteiger partial charge in [0.05, 0.1) is 30.6 Å². The Kier molecular flexibility index (Phi) is 5.38. The van der Waals surface area contributed by atoms with Crippen molar-refractivity contribution < 1.29 is 4.74 Å². The fourth-order valence-corrected chi connectivity index (χ4v) is 4.07. The van der Waals surface area contributed by atoms with Gasteiger partial charge in [0, 0.05) is 30.9 Å². The van der Waals surface area contributed by atoms with E-state index in [0.29, 0.717) is 24.7 Å². The number of aryl methyl sites for hydroxylation is 1. The second-order valence-electron chi connectivity index (χ2n) is 7.94. The Bertz CT molecular complexity index is 1220. The molecule has 166 valence electrons. The lowest BCUT2D eigenvalue weighted by Gasteiger charge is -2.28. The van der Waals surface area contributed by atoms with E-state index in [1.54, 1.807) is 21.8 Å². The number of aromatic nitrogens is 2. The zero-order valence-electron chi connectivity index (χ0n) is 18.1. The molecule has 3 aromatic rings. The predicted molar refractivity (Wildman–Crippen MR) is 125 cm³/mol. The van der Waals surface area contributed by atoms with Crippen LogP contribution < -0.4 is 31.9 Å². The Morgan fingerprint density at radius 2 is 2.00 bits per heavy atom. The first-order valence-electron chi connectivity index (χ1n) is 10.7. The lowest BCUT2D eigenvalue weighted by atomic mass is 10.1. The fraction of sp³-hybridized carbons (Fsp3) is 0.318. The zero-order chi connectivity index (χ0) is 22.1. The van der Waals surface area contributed by atoms with E-state index in [-0.39, 0.29) is 11.6 Å². The van der Waals surface area contributed by atoms with Gasteiger partial charge < -0.3 is 15.0 Å². The fourth-order valence-electron chi connectivity index (χ4n) is 4.07. The highest BCUT2D eigenvalue weighted by Crippen LogP contribution is 2.30. The number of fused-ring (bicyclic) bond motifs is 1. The third kappa shape index (κ3) is 3.85. The van der Waals surface area contributed by atoms with Crippen molar-refractivity contribution in [2.75, 3.05) is 41.5 Å². The van der Waals surface area contributed by atoms with Gasteiger partial charge in [-0.2, -0.15) is 5.10 Å². The van der Waals surface area contributed by atoms with Gasteiger partial charge in [-0.05, 0) is 37.6 Å². The van der Waals surface area contributed by atoms with Gasteiger partial charge in [0.1, 0.15) is 17.8 Å². The molecule has 1 atom stereocenters. The van der Waals surface area contributed by atoms with Crippen LogP contribution in [0.15, 0.2) is 52.5 Å². The van der Waals surface area contributed by atoms with Crippen LogP contribution in [0, 0.1) is 6.92 Å². The summed E-state index contributed by atoms with van der Waals surface area (Å²) in [5, 5.41) is 9.36. The summed E-state index contributed by atoms with van der Waals surface area (Å²) in [4.78, 5) is 20.0. The van der Waals surface area contributed by atoms with E-state index in [4.69, 9.17) is 9.72 Å². The van der Waals surface area contributed by atoms with Gasteiger partial charge in [0.2, 0.25) is 0 Å². The number of anilines is 3. The number of hydrogen-bond acceptors (Lipinski definition) is 9. The number of hydrogen-bond donors (Lipinski definition) is 3. The number of hydrazine groups is 2. The van der Waals surface area contributed by atoms with Gasteiger partial charge in [-0.25, -0.2) is 15.5 Å². The van der Waals surface area contributed by atoms with E-state index in [0.717, 1.165) is 35.6 Å². The summed E-state index contributed by atoms with van der Waals surface area (Å²) in [7, 11) is 0. The molecule has 32 heavy (non-hydrogen) atoms. The summed E-state index contributed by atoms with van der Waals surface area (Å²) in [5.41, 5.74) is 10.0. The van der Waals surface area contributed by atoms with Crippen LogP contribution in [0.5, 0.6) is 0 Å². The summed E-state index contributed by atoms with van der Waals surface area (Å²) in [6, 6.07) is 11.5. The van der Waals surface area contributed by atoms with E-state index in [1.807, 2.05) is 37.4 Å². The second kappa shape index (κ2) is 8.48. The Morgan fingerprint density at radius 1 is 1.19 bits per heavy atom. The highest BCUT2D eigenvalue weighted by Gasteiger charge is 2.19. The van der Waals surface area contributed by atoms with Crippen molar-refractivity contribution in [2.24, 2.45) is 5.10 Å². The number of ether oxygens (including phenoxy) is 1. The Hall–Kier alpha value is -3.63. The van der Waals surface area contributed by atoms with E-state index in [9.17, 15) is 4.79 Å². The Balaban J connectivity index is 1.54. The summed E-state index contributed by atoms with van der Waals surface area (Å²) in [5.74, 6) is 0.694. The maximum atomic E-state index is 13.0. The van der Waals surface area contributed by atoms with Crippen LogP contribution in [0.25, 0.3) is 5.65 Å². The average Bonchev–Trinajstić information content (AvgIpc) is 3.35. The van der Waals surface area contributed by atoms with Gasteiger partial charge in [-0.3, -0.25) is 9.20 Å². The number of nitrogens with one attached hydrogen (secondary N) is 3. The molecule has 0 bridgehead atoms. The molecule has 2 aliphatic heterocycles. The molecule has 0 aliphatic carbocycles. The number of pyridine rings is 1. The standard InChI is InChI=1S/C22H26N8O2/c1-15-11-17(16(2)24-18-5-3-4-6-19(18)30-14-23-26-27-30)22-25-20(12-21(31)29(22)13-15)28-7-9-32-10-8-28/h3-6,11-14,16,24,26-27H,7-10H2,1-2H3. The van der Waals surface area contributed by atoms with E-state index >= 15 is 0 Å². The molecule has 0 radical (unpaired) electrons. The molecule has 0 spiro atoms. The first-order chi connectivity index (χ1) is 15.6. The molecule has 0 saturated carbocycles. The van der Waals surface area contributed by atoms with Crippen LogP contribution in [0.1, 0.15) is 24.1 Å². The summed E-state index contributed by atoms with van der Waals surface area (Å²) in [6.45, 7) is 6.79. The third-order valence-electron chi connectivity index (χ3n) is 5.66. The van der Waals surface area contributed by atoms with Crippen LogP contribution >= 0.6 is 0 Å². The molecule has 1 aromatic carbocycles. The number of benzene rings is 1. The topological polar surface area (TPSA) is 98.5 Å². The van der Waals surface area contributed by atoms with Crippen molar-refractivity contribution in [3.63, 3.8) is 0 Å². The van der Waals surface area contributed by atoms with E-state index in [2.05, 4.69) is 39.4 Å². The van der Waals surface area contributed by atoms with Crippen molar-refractivity contribution in [3.05, 3.63) is 64.1 Å². The van der Waals surface area contributed by atoms with Gasteiger partial charge >= 0.3 is 0 Å².